The summed E-state index contributed by atoms with van der Waals surface area (Å²) in [6.07, 6.45) is 2.70. The average Bonchev–Trinajstić information content (AvgIpc) is 3.33. The molecule has 11 heteroatoms. The number of ether oxygens (including phenoxy) is 1. The summed E-state index contributed by atoms with van der Waals surface area (Å²) >= 11 is 2.15. The van der Waals surface area contributed by atoms with Gasteiger partial charge in [-0.1, -0.05) is 23.5 Å². The van der Waals surface area contributed by atoms with E-state index in [1.165, 1.54) is 49.3 Å². The van der Waals surface area contributed by atoms with Crippen molar-refractivity contribution < 1.29 is 23.5 Å². The molecule has 0 bridgehead atoms. The molecule has 1 aromatic carbocycles. The van der Waals surface area contributed by atoms with Gasteiger partial charge in [0, 0.05) is 18.4 Å². The van der Waals surface area contributed by atoms with Gasteiger partial charge in [-0.25, -0.2) is 19.2 Å². The second kappa shape index (κ2) is 9.58. The number of para-hydroxylation sites is 1. The molecule has 160 valence electrons. The third-order valence-electron chi connectivity index (χ3n) is 3.91. The number of benzene rings is 1. The molecule has 0 fully saturated rings. The Kier molecular flexibility index (Phi) is 6.88. The fourth-order valence-electron chi connectivity index (χ4n) is 2.54. The van der Waals surface area contributed by atoms with Crippen molar-refractivity contribution in [2.75, 3.05) is 17.3 Å². The molecule has 8 nitrogen and oxygen atoms in total. The fourth-order valence-corrected chi connectivity index (χ4v) is 4.27. The van der Waals surface area contributed by atoms with Gasteiger partial charge < -0.3 is 4.74 Å². The summed E-state index contributed by atoms with van der Waals surface area (Å²) in [4.78, 5) is 45.8. The molecule has 0 unspecified atom stereocenters. The third kappa shape index (κ3) is 5.19. The number of aryl methyl sites for hydroxylation is 1. The van der Waals surface area contributed by atoms with Gasteiger partial charge in [-0.3, -0.25) is 19.8 Å². The summed E-state index contributed by atoms with van der Waals surface area (Å²) < 4.78 is 18.8. The summed E-state index contributed by atoms with van der Waals surface area (Å²) in [7, 11) is 1.27. The summed E-state index contributed by atoms with van der Waals surface area (Å²) in [6, 6.07) is 5.90. The van der Waals surface area contributed by atoms with Gasteiger partial charge in [-0.2, -0.15) is 0 Å². The van der Waals surface area contributed by atoms with Gasteiger partial charge in [-0.15, -0.1) is 11.3 Å². The normalized spacial score (nSPS) is 10.8. The van der Waals surface area contributed by atoms with Gasteiger partial charge in [0.2, 0.25) is 11.8 Å². The molecule has 0 atom stereocenters. The Morgan fingerprint density at radius 1 is 1.23 bits per heavy atom. The monoisotopic (exact) mass is 460 g/mol. The molecule has 3 aromatic rings. The first-order valence-electron chi connectivity index (χ1n) is 8.85. The van der Waals surface area contributed by atoms with Gasteiger partial charge in [0.15, 0.2) is 10.3 Å². The molecular weight excluding hydrogens is 443 g/mol. The zero-order valence-corrected chi connectivity index (χ0v) is 18.3. The number of hydrogen-bond acceptors (Lipinski definition) is 8. The van der Waals surface area contributed by atoms with Gasteiger partial charge in [-0.05, 0) is 25.1 Å². The van der Waals surface area contributed by atoms with E-state index in [0.29, 0.717) is 16.3 Å². The lowest BCUT2D eigenvalue weighted by molar-refractivity contribution is -0.116. The second-order valence-corrected chi connectivity index (χ2v) is 7.94. The van der Waals surface area contributed by atoms with Crippen molar-refractivity contribution in [3.63, 3.8) is 0 Å². The molecule has 2 amide bonds. The first-order chi connectivity index (χ1) is 14.8. The largest absolute Gasteiger partial charge is 0.465 e. The smallest absolute Gasteiger partial charge is 0.350 e. The van der Waals surface area contributed by atoms with Crippen molar-refractivity contribution in [1.82, 2.24) is 9.97 Å². The molecule has 31 heavy (non-hydrogen) atoms. The maximum atomic E-state index is 14.1. The van der Waals surface area contributed by atoms with Crippen LogP contribution in [0.5, 0.6) is 0 Å². The van der Waals surface area contributed by atoms with Crippen molar-refractivity contribution in [3.8, 4) is 0 Å². The summed E-state index contributed by atoms with van der Waals surface area (Å²) in [5.41, 5.74) is 0.972. The first kappa shape index (κ1) is 22.2. The number of aromatic nitrogens is 2. The number of methoxy groups -OCH3 is 1. The molecule has 2 aromatic heterocycles. The first-order valence-corrected chi connectivity index (χ1v) is 10.5. The number of nitrogens with zero attached hydrogens (tertiary/aromatic N) is 3. The number of carbonyl (C=O) groups is 3. The standard InChI is InChI=1S/C20H17FN4O4S2/c1-11-17(18(28)29-3)31-19(22-11)24-16(27)9-8-13-10-30-20(23-13)25(12(2)26)15-7-5-4-6-14(15)21/h4-10H,1-3H3,(H,22,24,27)/b9-8+. The van der Waals surface area contributed by atoms with Gasteiger partial charge >= 0.3 is 5.97 Å². The molecule has 0 saturated heterocycles. The van der Waals surface area contributed by atoms with Crippen molar-refractivity contribution in [2.45, 2.75) is 13.8 Å². The van der Waals surface area contributed by atoms with Crippen LogP contribution in [0.15, 0.2) is 35.7 Å². The molecule has 0 radical (unpaired) electrons. The van der Waals surface area contributed by atoms with Crippen molar-refractivity contribution >= 4 is 62.5 Å². The third-order valence-corrected chi connectivity index (χ3v) is 5.81. The minimum absolute atomic E-state index is 0.0955. The number of amides is 2. The van der Waals surface area contributed by atoms with Crippen LogP contribution in [0.4, 0.5) is 20.3 Å². The Labute approximate surface area is 185 Å². The molecule has 0 saturated carbocycles. The molecule has 0 aliphatic rings. The van der Waals surface area contributed by atoms with E-state index in [-0.39, 0.29) is 16.0 Å². The van der Waals surface area contributed by atoms with Crippen LogP contribution < -0.4 is 10.2 Å². The Balaban J connectivity index is 1.73. The molecular formula is C20H17FN4O4S2. The Morgan fingerprint density at radius 3 is 2.65 bits per heavy atom. The molecule has 0 aliphatic heterocycles. The van der Waals surface area contributed by atoms with E-state index in [0.717, 1.165) is 22.7 Å². The predicted molar refractivity (Wildman–Crippen MR) is 117 cm³/mol. The van der Waals surface area contributed by atoms with Crippen LogP contribution in [0, 0.1) is 12.7 Å². The molecule has 0 spiro atoms. The molecule has 0 aliphatic carbocycles. The van der Waals surface area contributed by atoms with Gasteiger partial charge in [0.05, 0.1) is 24.2 Å². The minimum atomic E-state index is -0.547. The number of esters is 1. The topological polar surface area (TPSA) is 101 Å². The predicted octanol–water partition coefficient (Wildman–Crippen LogP) is 4.17. The van der Waals surface area contributed by atoms with Crippen LogP contribution in [-0.4, -0.2) is 34.9 Å². The van der Waals surface area contributed by atoms with Crippen LogP contribution in [0.3, 0.4) is 0 Å². The lowest BCUT2D eigenvalue weighted by Gasteiger charge is -2.18. The van der Waals surface area contributed by atoms with E-state index in [1.54, 1.807) is 18.4 Å². The number of rotatable bonds is 6. The van der Waals surface area contributed by atoms with Crippen molar-refractivity contribution in [3.05, 3.63) is 57.8 Å². The van der Waals surface area contributed by atoms with E-state index >= 15 is 0 Å². The van der Waals surface area contributed by atoms with Crippen LogP contribution in [-0.2, 0) is 14.3 Å². The zero-order chi connectivity index (χ0) is 22.5. The van der Waals surface area contributed by atoms with Crippen molar-refractivity contribution in [1.29, 1.82) is 0 Å². The fraction of sp³-hybridized carbons (Fsp3) is 0.150. The quantitative estimate of drug-likeness (QED) is 0.438. The van der Waals surface area contributed by atoms with Crippen molar-refractivity contribution in [2.24, 2.45) is 0 Å². The molecule has 2 heterocycles. The summed E-state index contributed by atoms with van der Waals surface area (Å²) in [5.74, 6) is -1.94. The highest BCUT2D eigenvalue weighted by molar-refractivity contribution is 7.17. The summed E-state index contributed by atoms with van der Waals surface area (Å²) in [5, 5.41) is 4.74. The van der Waals surface area contributed by atoms with Crippen LogP contribution in [0.2, 0.25) is 0 Å². The Bertz CT molecular complexity index is 1170. The van der Waals surface area contributed by atoms with Crippen LogP contribution in [0.25, 0.3) is 6.08 Å². The van der Waals surface area contributed by atoms with Gasteiger partial charge in [0.1, 0.15) is 10.7 Å². The second-order valence-electron chi connectivity index (χ2n) is 6.11. The number of nitrogens with one attached hydrogen (secondary N) is 1. The number of thiazole rings is 2. The number of halogens is 1. The average molecular weight is 461 g/mol. The van der Waals surface area contributed by atoms with E-state index < -0.39 is 23.6 Å². The van der Waals surface area contributed by atoms with E-state index in [1.807, 2.05) is 0 Å². The van der Waals surface area contributed by atoms with E-state index in [9.17, 15) is 18.8 Å². The Morgan fingerprint density at radius 2 is 1.97 bits per heavy atom. The SMILES string of the molecule is COC(=O)c1sc(NC(=O)/C=C/c2csc(N(C(C)=O)c3ccccc3F)n2)nc1C. The lowest BCUT2D eigenvalue weighted by Crippen LogP contribution is -2.23. The van der Waals surface area contributed by atoms with Crippen LogP contribution >= 0.6 is 22.7 Å². The summed E-state index contributed by atoms with van der Waals surface area (Å²) in [6.45, 7) is 2.96. The number of hydrogen-bond donors (Lipinski definition) is 1. The highest BCUT2D eigenvalue weighted by Gasteiger charge is 2.20. The van der Waals surface area contributed by atoms with E-state index in [4.69, 9.17) is 0 Å². The number of anilines is 3. The highest BCUT2D eigenvalue weighted by Crippen LogP contribution is 2.31. The minimum Gasteiger partial charge on any atom is -0.465 e. The van der Waals surface area contributed by atoms with Crippen LogP contribution in [0.1, 0.15) is 28.0 Å². The molecule has 1 N–H and O–H groups in total. The maximum absolute atomic E-state index is 14.1. The maximum Gasteiger partial charge on any atom is 0.350 e. The van der Waals surface area contributed by atoms with E-state index in [2.05, 4.69) is 20.0 Å². The Hall–Kier alpha value is -3.44. The lowest BCUT2D eigenvalue weighted by atomic mass is 10.3. The van der Waals surface area contributed by atoms with Gasteiger partial charge in [0.25, 0.3) is 0 Å². The highest BCUT2D eigenvalue weighted by atomic mass is 32.1. The number of carbonyl (C=O) groups excluding carboxylic acids is 3. The molecule has 3 rings (SSSR count). The zero-order valence-electron chi connectivity index (χ0n) is 16.7.